The number of hydrogen-bond donors (Lipinski definition) is 2. The number of carbonyl (C=O) groups is 1. The highest BCUT2D eigenvalue weighted by atomic mass is 32.1. The van der Waals surface area contributed by atoms with Crippen LogP contribution in [0, 0.1) is 5.92 Å². The van der Waals surface area contributed by atoms with Crippen molar-refractivity contribution in [2.75, 3.05) is 5.75 Å². The number of thiol groups is 1. The van der Waals surface area contributed by atoms with Gasteiger partial charge in [-0.1, -0.05) is 80.7 Å². The van der Waals surface area contributed by atoms with Crippen molar-refractivity contribution in [3.63, 3.8) is 0 Å². The summed E-state index contributed by atoms with van der Waals surface area (Å²) in [5.41, 5.74) is 2.75. The molecule has 1 aromatic carbocycles. The summed E-state index contributed by atoms with van der Waals surface area (Å²) in [4.78, 5) is 12.1. The number of hydrogen-bond acceptors (Lipinski definition) is 4. The van der Waals surface area contributed by atoms with Gasteiger partial charge in [-0.2, -0.15) is 12.6 Å². The summed E-state index contributed by atoms with van der Waals surface area (Å²) < 4.78 is 5.58. The molecule has 0 aliphatic rings. The third kappa shape index (κ3) is 8.33. The Bertz CT molecular complexity index is 635. The minimum Gasteiger partial charge on any atom is -0.428 e. The first-order chi connectivity index (χ1) is 13.2. The number of ether oxygens (including phenoxy) is 1. The van der Waals surface area contributed by atoms with E-state index in [1.165, 1.54) is 6.42 Å². The molecule has 0 saturated carbocycles. The second-order valence-corrected chi connectivity index (χ2v) is 11.0. The Morgan fingerprint density at radius 3 is 1.83 bits per heavy atom. The number of esters is 1. The molecular weight excluding hydrogens is 380 g/mol. The zero-order chi connectivity index (χ0) is 22.5. The molecule has 29 heavy (non-hydrogen) atoms. The van der Waals surface area contributed by atoms with Gasteiger partial charge < -0.3 is 9.84 Å². The fraction of sp³-hybridized carbons (Fsp3) is 0.720. The molecule has 0 aliphatic heterocycles. The zero-order valence-electron chi connectivity index (χ0n) is 19.8. The van der Waals surface area contributed by atoms with Crippen LogP contribution in [-0.2, 0) is 26.1 Å². The van der Waals surface area contributed by atoms with Crippen molar-refractivity contribution in [2.45, 2.75) is 104 Å². The molecule has 0 radical (unpaired) electrons. The van der Waals surface area contributed by atoms with Crippen molar-refractivity contribution in [1.29, 1.82) is 0 Å². The second-order valence-electron chi connectivity index (χ2n) is 10.7. The van der Waals surface area contributed by atoms with E-state index in [4.69, 9.17) is 4.74 Å². The molecule has 166 valence electrons. The summed E-state index contributed by atoms with van der Waals surface area (Å²) in [5, 5.41) is 11.5. The molecule has 4 heteroatoms. The Labute approximate surface area is 184 Å². The lowest BCUT2D eigenvalue weighted by Gasteiger charge is -2.32. The molecule has 0 spiro atoms. The highest BCUT2D eigenvalue weighted by Crippen LogP contribution is 2.37. The average Bonchev–Trinajstić information content (AvgIpc) is 2.59. The standard InChI is InChI=1S/C25H42O3S/c1-18(2)12-10-9-11-13-25(27,28-22(26)17-29)21-15-19(23(3,4)5)14-20(16-21)24(6,7)8/h14-16,18,27,29H,9-13,17H2,1-8H3. The van der Waals surface area contributed by atoms with Gasteiger partial charge in [-0.25, -0.2) is 0 Å². The van der Waals surface area contributed by atoms with Gasteiger partial charge in [0.1, 0.15) is 0 Å². The van der Waals surface area contributed by atoms with Crippen LogP contribution in [0.4, 0.5) is 0 Å². The third-order valence-corrected chi connectivity index (χ3v) is 5.58. The first-order valence-electron chi connectivity index (χ1n) is 10.9. The van der Waals surface area contributed by atoms with Crippen molar-refractivity contribution < 1.29 is 14.6 Å². The van der Waals surface area contributed by atoms with Gasteiger partial charge in [0.15, 0.2) is 0 Å². The van der Waals surface area contributed by atoms with Crippen LogP contribution in [-0.4, -0.2) is 16.8 Å². The van der Waals surface area contributed by atoms with E-state index in [0.717, 1.165) is 30.4 Å². The maximum absolute atomic E-state index is 12.1. The smallest absolute Gasteiger partial charge is 0.318 e. The van der Waals surface area contributed by atoms with Crippen LogP contribution >= 0.6 is 12.6 Å². The van der Waals surface area contributed by atoms with E-state index in [2.05, 4.69) is 74.1 Å². The molecule has 1 N–H and O–H groups in total. The second kappa shape index (κ2) is 10.3. The number of benzene rings is 1. The number of carbonyl (C=O) groups excluding carboxylic acids is 1. The van der Waals surface area contributed by atoms with Crippen molar-refractivity contribution in [3.05, 3.63) is 34.9 Å². The Morgan fingerprint density at radius 1 is 0.931 bits per heavy atom. The Kier molecular flexibility index (Phi) is 9.29. The zero-order valence-corrected chi connectivity index (χ0v) is 20.7. The lowest BCUT2D eigenvalue weighted by atomic mass is 9.78. The van der Waals surface area contributed by atoms with Gasteiger partial charge in [0.05, 0.1) is 5.75 Å². The predicted molar refractivity (Wildman–Crippen MR) is 126 cm³/mol. The van der Waals surface area contributed by atoms with Crippen LogP contribution < -0.4 is 0 Å². The normalized spacial score (nSPS) is 14.7. The van der Waals surface area contributed by atoms with E-state index < -0.39 is 11.8 Å². The third-order valence-electron chi connectivity index (χ3n) is 5.33. The summed E-state index contributed by atoms with van der Waals surface area (Å²) in [6.45, 7) is 17.4. The van der Waals surface area contributed by atoms with Crippen LogP contribution in [0.15, 0.2) is 18.2 Å². The molecule has 3 nitrogen and oxygen atoms in total. The Hall–Kier alpha value is -1.00. The summed E-state index contributed by atoms with van der Waals surface area (Å²) >= 11 is 4.03. The molecular formula is C25H42O3S. The predicted octanol–water partition coefficient (Wildman–Crippen LogP) is 6.51. The lowest BCUT2D eigenvalue weighted by Crippen LogP contribution is -2.34. The summed E-state index contributed by atoms with van der Waals surface area (Å²) in [7, 11) is 0. The van der Waals surface area contributed by atoms with E-state index in [1.807, 2.05) is 12.1 Å². The maximum Gasteiger partial charge on any atom is 0.318 e. The number of rotatable bonds is 9. The number of aliphatic hydroxyl groups is 1. The van der Waals surface area contributed by atoms with E-state index in [1.54, 1.807) is 0 Å². The molecule has 0 saturated heterocycles. The Balaban J connectivity index is 3.30. The van der Waals surface area contributed by atoms with Gasteiger partial charge in [-0.15, -0.1) is 0 Å². The summed E-state index contributed by atoms with van der Waals surface area (Å²) in [6, 6.07) is 6.19. The van der Waals surface area contributed by atoms with Gasteiger partial charge in [-0.05, 0) is 46.4 Å². The molecule has 0 aromatic heterocycles. The van der Waals surface area contributed by atoms with E-state index in [-0.39, 0.29) is 16.6 Å². The highest BCUT2D eigenvalue weighted by Gasteiger charge is 2.35. The minimum absolute atomic E-state index is 0.0548. The summed E-state index contributed by atoms with van der Waals surface area (Å²) in [6.07, 6.45) is 4.48. The molecule has 0 amide bonds. The van der Waals surface area contributed by atoms with Crippen LogP contribution in [0.2, 0.25) is 0 Å². The fourth-order valence-electron chi connectivity index (χ4n) is 3.29. The largest absolute Gasteiger partial charge is 0.428 e. The van der Waals surface area contributed by atoms with Crippen LogP contribution in [0.5, 0.6) is 0 Å². The number of unbranched alkanes of at least 4 members (excludes halogenated alkanes) is 2. The van der Waals surface area contributed by atoms with Gasteiger partial charge in [-0.3, -0.25) is 4.79 Å². The van der Waals surface area contributed by atoms with Crippen molar-refractivity contribution >= 4 is 18.6 Å². The van der Waals surface area contributed by atoms with Gasteiger partial charge in [0, 0.05) is 12.0 Å². The topological polar surface area (TPSA) is 46.5 Å². The summed E-state index contributed by atoms with van der Waals surface area (Å²) in [5.74, 6) is -1.51. The van der Waals surface area contributed by atoms with E-state index in [0.29, 0.717) is 17.9 Å². The van der Waals surface area contributed by atoms with E-state index in [9.17, 15) is 9.90 Å². The quantitative estimate of drug-likeness (QED) is 0.206. The molecule has 0 heterocycles. The fourth-order valence-corrected chi connectivity index (χ4v) is 3.35. The van der Waals surface area contributed by atoms with Crippen LogP contribution in [0.25, 0.3) is 0 Å². The van der Waals surface area contributed by atoms with Gasteiger partial charge in [0.2, 0.25) is 5.79 Å². The van der Waals surface area contributed by atoms with Crippen molar-refractivity contribution in [1.82, 2.24) is 0 Å². The molecule has 0 aliphatic carbocycles. The molecule has 1 rings (SSSR count). The van der Waals surface area contributed by atoms with Crippen molar-refractivity contribution in [3.8, 4) is 0 Å². The Morgan fingerprint density at radius 2 is 1.41 bits per heavy atom. The maximum atomic E-state index is 12.1. The van der Waals surface area contributed by atoms with Gasteiger partial charge >= 0.3 is 5.97 Å². The molecule has 1 aromatic rings. The average molecular weight is 423 g/mol. The molecule has 0 bridgehead atoms. The van der Waals surface area contributed by atoms with E-state index >= 15 is 0 Å². The SMILES string of the molecule is CC(C)CCCCCC(O)(OC(=O)CS)c1cc(C(C)(C)C)cc(C(C)(C)C)c1. The molecule has 0 fully saturated rings. The monoisotopic (exact) mass is 422 g/mol. The first kappa shape index (κ1) is 26.0. The van der Waals surface area contributed by atoms with Crippen LogP contribution in [0.1, 0.15) is 104 Å². The van der Waals surface area contributed by atoms with Crippen LogP contribution in [0.3, 0.4) is 0 Å². The lowest BCUT2D eigenvalue weighted by molar-refractivity contribution is -0.216. The molecule has 1 unspecified atom stereocenters. The minimum atomic E-state index is -1.63. The van der Waals surface area contributed by atoms with Crippen molar-refractivity contribution in [2.24, 2.45) is 5.92 Å². The van der Waals surface area contributed by atoms with Gasteiger partial charge in [0.25, 0.3) is 0 Å². The highest BCUT2D eigenvalue weighted by molar-refractivity contribution is 7.81. The molecule has 1 atom stereocenters. The first-order valence-corrected chi connectivity index (χ1v) is 11.5.